The number of phenols is 1. The fraction of sp³-hybridized carbons (Fsp3) is 0.0833. The number of hydrogen-bond donors (Lipinski definition) is 1. The van der Waals surface area contributed by atoms with E-state index in [2.05, 4.69) is 20.5 Å². The van der Waals surface area contributed by atoms with Gasteiger partial charge in [-0.1, -0.05) is 54.6 Å². The lowest BCUT2D eigenvalue weighted by Gasteiger charge is -2.05. The van der Waals surface area contributed by atoms with Crippen LogP contribution in [0.15, 0.2) is 99.3 Å². The summed E-state index contributed by atoms with van der Waals surface area (Å²) >= 11 is 0. The van der Waals surface area contributed by atoms with Gasteiger partial charge in [-0.2, -0.15) is 15.3 Å². The van der Waals surface area contributed by atoms with Crippen molar-refractivity contribution in [1.29, 1.82) is 0 Å². The zero-order chi connectivity index (χ0) is 20.2. The fourth-order valence-electron chi connectivity index (χ4n) is 3.06. The predicted molar refractivity (Wildman–Crippen MR) is 116 cm³/mol. The average Bonchev–Trinajstić information content (AvgIpc) is 2.74. The first-order valence-corrected chi connectivity index (χ1v) is 9.33. The van der Waals surface area contributed by atoms with Gasteiger partial charge in [0.25, 0.3) is 0 Å². The maximum atomic E-state index is 10.3. The summed E-state index contributed by atoms with van der Waals surface area (Å²) in [6.45, 7) is 3.94. The zero-order valence-electron chi connectivity index (χ0n) is 16.2. The van der Waals surface area contributed by atoms with Crippen LogP contribution in [-0.4, -0.2) is 5.11 Å². The van der Waals surface area contributed by atoms with E-state index < -0.39 is 0 Å². The molecule has 5 nitrogen and oxygen atoms in total. The molecule has 4 rings (SSSR count). The summed E-state index contributed by atoms with van der Waals surface area (Å²) in [5.74, 6) is 0.0977. The quantitative estimate of drug-likeness (QED) is 0.358. The molecule has 29 heavy (non-hydrogen) atoms. The van der Waals surface area contributed by atoms with Gasteiger partial charge in [0.15, 0.2) is 0 Å². The zero-order valence-corrected chi connectivity index (χ0v) is 16.2. The van der Waals surface area contributed by atoms with Crippen LogP contribution in [0.4, 0.5) is 22.7 Å². The minimum atomic E-state index is 0.0977. The molecule has 0 unspecified atom stereocenters. The fourth-order valence-corrected chi connectivity index (χ4v) is 3.06. The Morgan fingerprint density at radius 3 is 2.00 bits per heavy atom. The van der Waals surface area contributed by atoms with E-state index in [-0.39, 0.29) is 5.75 Å². The molecule has 0 radical (unpaired) electrons. The van der Waals surface area contributed by atoms with E-state index in [1.54, 1.807) is 6.07 Å². The van der Waals surface area contributed by atoms with Crippen molar-refractivity contribution < 1.29 is 5.11 Å². The molecule has 0 amide bonds. The van der Waals surface area contributed by atoms with Crippen LogP contribution in [-0.2, 0) is 0 Å². The van der Waals surface area contributed by atoms with Crippen molar-refractivity contribution in [2.75, 3.05) is 0 Å². The number of azo groups is 2. The summed E-state index contributed by atoms with van der Waals surface area (Å²) in [7, 11) is 0. The smallest absolute Gasteiger partial charge is 0.143 e. The second-order valence-corrected chi connectivity index (χ2v) is 6.76. The Labute approximate surface area is 169 Å². The summed E-state index contributed by atoms with van der Waals surface area (Å²) in [4.78, 5) is 0. The van der Waals surface area contributed by atoms with Crippen LogP contribution in [0.3, 0.4) is 0 Å². The second-order valence-electron chi connectivity index (χ2n) is 6.76. The molecule has 0 aliphatic rings. The standard InChI is InChI=1S/C24H20N4O/c1-16-8-3-6-11-20(16)25-26-21-12-7-13-22(17(21)2)27-28-24-19-10-5-4-9-18(19)14-15-23(24)29/h3-15,29H,1-2H3. The molecule has 0 aliphatic carbocycles. The first-order chi connectivity index (χ1) is 14.1. The number of aryl methyl sites for hydroxylation is 1. The predicted octanol–water partition coefficient (Wildman–Crippen LogP) is 7.99. The van der Waals surface area contributed by atoms with Crippen molar-refractivity contribution in [3.05, 3.63) is 90.0 Å². The molecule has 0 spiro atoms. The monoisotopic (exact) mass is 380 g/mol. The highest BCUT2D eigenvalue weighted by molar-refractivity contribution is 5.95. The maximum Gasteiger partial charge on any atom is 0.143 e. The molecular formula is C24H20N4O. The van der Waals surface area contributed by atoms with Gasteiger partial charge < -0.3 is 5.11 Å². The molecule has 4 aromatic carbocycles. The molecule has 142 valence electrons. The number of benzene rings is 4. The van der Waals surface area contributed by atoms with Crippen LogP contribution >= 0.6 is 0 Å². The molecule has 1 N–H and O–H groups in total. The molecule has 0 fully saturated rings. The van der Waals surface area contributed by atoms with Crippen molar-refractivity contribution in [3.63, 3.8) is 0 Å². The van der Waals surface area contributed by atoms with Gasteiger partial charge in [-0.3, -0.25) is 0 Å². The number of phenolic OH excluding ortho intramolecular Hbond substituents is 1. The van der Waals surface area contributed by atoms with Gasteiger partial charge in [0.2, 0.25) is 0 Å². The normalized spacial score (nSPS) is 11.7. The van der Waals surface area contributed by atoms with Crippen molar-refractivity contribution >= 4 is 33.5 Å². The highest BCUT2D eigenvalue weighted by Gasteiger charge is 2.07. The molecule has 4 aromatic rings. The van der Waals surface area contributed by atoms with E-state index in [9.17, 15) is 5.11 Å². The molecule has 0 aliphatic heterocycles. The maximum absolute atomic E-state index is 10.3. The summed E-state index contributed by atoms with van der Waals surface area (Å²) in [6, 6.07) is 24.7. The third kappa shape index (κ3) is 3.89. The van der Waals surface area contributed by atoms with Gasteiger partial charge in [-0.15, -0.1) is 5.11 Å². The van der Waals surface area contributed by atoms with Gasteiger partial charge >= 0.3 is 0 Å². The van der Waals surface area contributed by atoms with Gasteiger partial charge in [0, 0.05) is 10.9 Å². The lowest BCUT2D eigenvalue weighted by Crippen LogP contribution is -1.77. The minimum absolute atomic E-state index is 0.0977. The van der Waals surface area contributed by atoms with Crippen molar-refractivity contribution in [2.24, 2.45) is 20.5 Å². The van der Waals surface area contributed by atoms with E-state index in [1.165, 1.54) is 0 Å². The molecule has 0 atom stereocenters. The number of hydrogen-bond acceptors (Lipinski definition) is 5. The molecule has 5 heteroatoms. The molecule has 0 bridgehead atoms. The van der Waals surface area contributed by atoms with Crippen LogP contribution in [0.2, 0.25) is 0 Å². The summed E-state index contributed by atoms with van der Waals surface area (Å²) in [5.41, 5.74) is 4.63. The second kappa shape index (κ2) is 8.02. The molecule has 0 saturated carbocycles. The first-order valence-electron chi connectivity index (χ1n) is 9.33. The van der Waals surface area contributed by atoms with Crippen molar-refractivity contribution in [3.8, 4) is 5.75 Å². The average molecular weight is 380 g/mol. The molecule has 0 aromatic heterocycles. The van der Waals surface area contributed by atoms with E-state index in [1.807, 2.05) is 86.6 Å². The molecule has 0 saturated heterocycles. The van der Waals surface area contributed by atoms with Gasteiger partial charge in [0.1, 0.15) is 11.4 Å². The Bertz CT molecular complexity index is 1240. The largest absolute Gasteiger partial charge is 0.506 e. The Hall–Kier alpha value is -3.86. The topological polar surface area (TPSA) is 69.7 Å². The Balaban J connectivity index is 1.68. The van der Waals surface area contributed by atoms with E-state index in [0.29, 0.717) is 11.4 Å². The third-order valence-electron chi connectivity index (χ3n) is 4.79. The number of fused-ring (bicyclic) bond motifs is 1. The van der Waals surface area contributed by atoms with Crippen molar-refractivity contribution in [1.82, 2.24) is 0 Å². The number of aromatic hydroxyl groups is 1. The van der Waals surface area contributed by atoms with Crippen LogP contribution in [0.25, 0.3) is 10.8 Å². The van der Waals surface area contributed by atoms with E-state index >= 15 is 0 Å². The van der Waals surface area contributed by atoms with Crippen molar-refractivity contribution in [2.45, 2.75) is 13.8 Å². The Morgan fingerprint density at radius 2 is 1.21 bits per heavy atom. The van der Waals surface area contributed by atoms with Crippen LogP contribution in [0.5, 0.6) is 5.75 Å². The molecular weight excluding hydrogens is 360 g/mol. The highest BCUT2D eigenvalue weighted by atomic mass is 16.3. The number of nitrogens with zero attached hydrogens (tertiary/aromatic N) is 4. The summed E-state index contributed by atoms with van der Waals surface area (Å²) in [6.07, 6.45) is 0. The van der Waals surface area contributed by atoms with E-state index in [0.717, 1.165) is 33.3 Å². The van der Waals surface area contributed by atoms with Gasteiger partial charge in [-0.05, 0) is 49.1 Å². The Kier molecular flexibility index (Phi) is 5.12. The van der Waals surface area contributed by atoms with Gasteiger partial charge in [-0.25, -0.2) is 0 Å². The van der Waals surface area contributed by atoms with Crippen LogP contribution in [0, 0.1) is 13.8 Å². The number of rotatable bonds is 4. The van der Waals surface area contributed by atoms with Crippen LogP contribution in [0.1, 0.15) is 11.1 Å². The SMILES string of the molecule is Cc1ccccc1N=Nc1cccc(N=Nc2c(O)ccc3ccccc23)c1C. The lowest BCUT2D eigenvalue weighted by molar-refractivity contribution is 0.477. The third-order valence-corrected chi connectivity index (χ3v) is 4.79. The summed E-state index contributed by atoms with van der Waals surface area (Å²) < 4.78 is 0. The van der Waals surface area contributed by atoms with E-state index in [4.69, 9.17) is 0 Å². The molecule has 0 heterocycles. The van der Waals surface area contributed by atoms with Crippen LogP contribution < -0.4 is 0 Å². The highest BCUT2D eigenvalue weighted by Crippen LogP contribution is 2.37. The lowest BCUT2D eigenvalue weighted by atomic mass is 10.1. The minimum Gasteiger partial charge on any atom is -0.506 e. The first kappa shape index (κ1) is 18.5. The van der Waals surface area contributed by atoms with Gasteiger partial charge in [0.05, 0.1) is 17.1 Å². The summed E-state index contributed by atoms with van der Waals surface area (Å²) in [5, 5.41) is 29.6. The Morgan fingerprint density at radius 1 is 0.586 bits per heavy atom.